The molecule has 2 aromatic rings. The van der Waals surface area contributed by atoms with E-state index in [2.05, 4.69) is 20.3 Å². The molecule has 0 saturated carbocycles. The van der Waals surface area contributed by atoms with Gasteiger partial charge in [-0.25, -0.2) is 9.78 Å². The largest absolute Gasteiger partial charge is 0.480 e. The zero-order valence-corrected chi connectivity index (χ0v) is 10.4. The molecule has 2 rings (SSSR count). The standard InChI is InChI=1S/C11H11ClN4O3/c12-6-1-8(14-3-6)10(17)16-9(11(18)19)2-7-4-13-5-15-7/h1,3-5,9,14H,2H2,(H,13,15)(H,16,17)(H,18,19)/t9-/m1/s1. The first-order chi connectivity index (χ1) is 9.06. The van der Waals surface area contributed by atoms with Crippen LogP contribution in [-0.2, 0) is 11.2 Å². The molecule has 19 heavy (non-hydrogen) atoms. The number of aromatic nitrogens is 3. The Labute approximate surface area is 113 Å². The number of halogens is 1. The zero-order valence-electron chi connectivity index (χ0n) is 9.68. The minimum absolute atomic E-state index is 0.121. The Morgan fingerprint density at radius 1 is 1.47 bits per heavy atom. The van der Waals surface area contributed by atoms with Gasteiger partial charge in [-0.05, 0) is 6.07 Å². The van der Waals surface area contributed by atoms with Gasteiger partial charge in [0.05, 0.1) is 11.3 Å². The number of aliphatic carboxylic acids is 1. The lowest BCUT2D eigenvalue weighted by Gasteiger charge is -2.12. The smallest absolute Gasteiger partial charge is 0.326 e. The van der Waals surface area contributed by atoms with E-state index in [1.807, 2.05) is 0 Å². The molecule has 0 aliphatic carbocycles. The Morgan fingerprint density at radius 2 is 2.26 bits per heavy atom. The molecule has 0 fully saturated rings. The number of hydrogen-bond donors (Lipinski definition) is 4. The fourth-order valence-corrected chi connectivity index (χ4v) is 1.71. The number of amides is 1. The Kier molecular flexibility index (Phi) is 3.86. The average molecular weight is 283 g/mol. The van der Waals surface area contributed by atoms with Gasteiger partial charge in [-0.2, -0.15) is 0 Å². The van der Waals surface area contributed by atoms with E-state index in [0.717, 1.165) is 0 Å². The van der Waals surface area contributed by atoms with Crippen molar-refractivity contribution in [3.8, 4) is 0 Å². The molecular weight excluding hydrogens is 272 g/mol. The van der Waals surface area contributed by atoms with E-state index in [1.54, 1.807) is 0 Å². The molecule has 8 heteroatoms. The number of rotatable bonds is 5. The van der Waals surface area contributed by atoms with Crippen molar-refractivity contribution in [3.05, 3.63) is 41.2 Å². The van der Waals surface area contributed by atoms with Crippen LogP contribution in [0.3, 0.4) is 0 Å². The summed E-state index contributed by atoms with van der Waals surface area (Å²) in [7, 11) is 0. The van der Waals surface area contributed by atoms with E-state index < -0.39 is 17.9 Å². The fraction of sp³-hybridized carbons (Fsp3) is 0.182. The highest BCUT2D eigenvalue weighted by Gasteiger charge is 2.22. The highest BCUT2D eigenvalue weighted by atomic mass is 35.5. The van der Waals surface area contributed by atoms with Crippen LogP contribution in [0.25, 0.3) is 0 Å². The molecule has 0 spiro atoms. The minimum atomic E-state index is -1.12. The third-order valence-corrected chi connectivity index (χ3v) is 2.69. The summed E-state index contributed by atoms with van der Waals surface area (Å²) in [5.41, 5.74) is 0.832. The lowest BCUT2D eigenvalue weighted by Crippen LogP contribution is -2.42. The van der Waals surface area contributed by atoms with Crippen molar-refractivity contribution in [1.82, 2.24) is 20.3 Å². The van der Waals surface area contributed by atoms with Crippen LogP contribution in [0.4, 0.5) is 0 Å². The quantitative estimate of drug-likeness (QED) is 0.650. The highest BCUT2D eigenvalue weighted by molar-refractivity contribution is 6.30. The molecule has 7 nitrogen and oxygen atoms in total. The molecule has 2 heterocycles. The van der Waals surface area contributed by atoms with Gasteiger partial charge in [0.2, 0.25) is 0 Å². The predicted molar refractivity (Wildman–Crippen MR) is 67.0 cm³/mol. The first-order valence-corrected chi connectivity index (χ1v) is 5.79. The molecule has 0 aliphatic heterocycles. The summed E-state index contributed by atoms with van der Waals surface area (Å²) >= 11 is 5.68. The maximum atomic E-state index is 11.8. The van der Waals surface area contributed by atoms with E-state index in [0.29, 0.717) is 10.7 Å². The van der Waals surface area contributed by atoms with Crippen LogP contribution in [0, 0.1) is 0 Å². The summed E-state index contributed by atoms with van der Waals surface area (Å²) in [6.07, 6.45) is 4.52. The highest BCUT2D eigenvalue weighted by Crippen LogP contribution is 2.09. The number of carboxylic acid groups (broad SMARTS) is 1. The van der Waals surface area contributed by atoms with Gasteiger partial charge in [0, 0.05) is 24.5 Å². The van der Waals surface area contributed by atoms with Gasteiger partial charge in [-0.3, -0.25) is 4.79 Å². The number of imidazole rings is 1. The third-order valence-electron chi connectivity index (χ3n) is 2.47. The van der Waals surface area contributed by atoms with Crippen LogP contribution < -0.4 is 5.32 Å². The summed E-state index contributed by atoms with van der Waals surface area (Å²) in [6.45, 7) is 0. The SMILES string of the molecule is O=C(N[C@H](Cc1cnc[nH]1)C(=O)O)c1cc(Cl)c[nH]1. The van der Waals surface area contributed by atoms with Gasteiger partial charge in [0.15, 0.2) is 0 Å². The zero-order chi connectivity index (χ0) is 13.8. The number of carboxylic acids is 1. The molecule has 2 aromatic heterocycles. The van der Waals surface area contributed by atoms with Crippen molar-refractivity contribution < 1.29 is 14.7 Å². The molecule has 0 aliphatic rings. The van der Waals surface area contributed by atoms with Gasteiger partial charge < -0.3 is 20.4 Å². The Balaban J connectivity index is 2.04. The molecule has 0 unspecified atom stereocenters. The maximum absolute atomic E-state index is 11.8. The monoisotopic (exact) mass is 282 g/mol. The van der Waals surface area contributed by atoms with E-state index in [-0.39, 0.29) is 12.1 Å². The van der Waals surface area contributed by atoms with E-state index in [4.69, 9.17) is 16.7 Å². The summed E-state index contributed by atoms with van der Waals surface area (Å²) in [5.74, 6) is -1.65. The molecule has 100 valence electrons. The molecule has 0 bridgehead atoms. The van der Waals surface area contributed by atoms with Crippen molar-refractivity contribution in [2.45, 2.75) is 12.5 Å². The van der Waals surface area contributed by atoms with Gasteiger partial charge >= 0.3 is 5.97 Å². The number of hydrogen-bond acceptors (Lipinski definition) is 3. The lowest BCUT2D eigenvalue weighted by atomic mass is 10.1. The van der Waals surface area contributed by atoms with Crippen molar-refractivity contribution in [2.75, 3.05) is 0 Å². The normalized spacial score (nSPS) is 12.1. The van der Waals surface area contributed by atoms with Crippen molar-refractivity contribution in [3.63, 3.8) is 0 Å². The number of H-pyrrole nitrogens is 2. The molecule has 0 saturated heterocycles. The van der Waals surface area contributed by atoms with E-state index >= 15 is 0 Å². The average Bonchev–Trinajstić information content (AvgIpc) is 2.99. The molecule has 1 amide bonds. The Hall–Kier alpha value is -2.28. The molecule has 1 atom stereocenters. The Bertz CT molecular complexity index is 579. The predicted octanol–water partition coefficient (Wildman–Crippen LogP) is 0.817. The van der Waals surface area contributed by atoms with Gasteiger partial charge in [-0.15, -0.1) is 0 Å². The first kappa shape index (κ1) is 13.2. The second kappa shape index (κ2) is 5.57. The molecule has 0 aromatic carbocycles. The number of nitrogens with one attached hydrogen (secondary N) is 3. The van der Waals surface area contributed by atoms with Crippen molar-refractivity contribution in [2.24, 2.45) is 0 Å². The summed E-state index contributed by atoms with van der Waals surface area (Å²) in [4.78, 5) is 32.2. The molecule has 0 radical (unpaired) electrons. The fourth-order valence-electron chi connectivity index (χ4n) is 1.55. The van der Waals surface area contributed by atoms with Crippen LogP contribution >= 0.6 is 11.6 Å². The minimum Gasteiger partial charge on any atom is -0.480 e. The molecular formula is C11H11ClN4O3. The molecule has 4 N–H and O–H groups in total. The summed E-state index contributed by atoms with van der Waals surface area (Å²) in [6, 6.07) is 0.376. The van der Waals surface area contributed by atoms with Crippen LogP contribution in [-0.4, -0.2) is 38.0 Å². The second-order valence-corrected chi connectivity index (χ2v) is 4.31. The number of carbonyl (C=O) groups excluding carboxylic acids is 1. The summed E-state index contributed by atoms with van der Waals surface area (Å²) in [5, 5.41) is 11.9. The van der Waals surface area contributed by atoms with E-state index in [1.165, 1.54) is 24.8 Å². The van der Waals surface area contributed by atoms with Crippen LogP contribution in [0.5, 0.6) is 0 Å². The summed E-state index contributed by atoms with van der Waals surface area (Å²) < 4.78 is 0. The van der Waals surface area contributed by atoms with Crippen molar-refractivity contribution >= 4 is 23.5 Å². The van der Waals surface area contributed by atoms with E-state index in [9.17, 15) is 9.59 Å². The van der Waals surface area contributed by atoms with Crippen LogP contribution in [0.2, 0.25) is 5.02 Å². The number of aromatic amines is 2. The van der Waals surface area contributed by atoms with Gasteiger partial charge in [0.1, 0.15) is 11.7 Å². The van der Waals surface area contributed by atoms with Crippen LogP contribution in [0.15, 0.2) is 24.8 Å². The van der Waals surface area contributed by atoms with Gasteiger partial charge in [0.25, 0.3) is 5.91 Å². The van der Waals surface area contributed by atoms with Crippen LogP contribution in [0.1, 0.15) is 16.2 Å². The lowest BCUT2D eigenvalue weighted by molar-refractivity contribution is -0.139. The number of nitrogens with zero attached hydrogens (tertiary/aromatic N) is 1. The third kappa shape index (κ3) is 3.35. The van der Waals surface area contributed by atoms with Gasteiger partial charge in [-0.1, -0.05) is 11.6 Å². The maximum Gasteiger partial charge on any atom is 0.326 e. The first-order valence-electron chi connectivity index (χ1n) is 5.41. The second-order valence-electron chi connectivity index (χ2n) is 3.88. The van der Waals surface area contributed by atoms with Crippen molar-refractivity contribution in [1.29, 1.82) is 0 Å². The number of carbonyl (C=O) groups is 2. The topological polar surface area (TPSA) is 111 Å². The Morgan fingerprint density at radius 3 is 2.79 bits per heavy atom.